The lowest BCUT2D eigenvalue weighted by atomic mass is 9.75. The largest absolute Gasteiger partial charge is 0.481 e. The molecule has 0 bridgehead atoms. The van der Waals surface area contributed by atoms with Crippen LogP contribution in [0, 0.1) is 23.7 Å². The number of aliphatic carboxylic acids is 2. The van der Waals surface area contributed by atoms with Crippen LogP contribution in [0.1, 0.15) is 40.5 Å². The second-order valence-electron chi connectivity index (χ2n) is 9.15. The molecule has 0 saturated carbocycles. The summed E-state index contributed by atoms with van der Waals surface area (Å²) >= 11 is 0. The monoisotopic (exact) mass is 556 g/mol. The van der Waals surface area contributed by atoms with Crippen molar-refractivity contribution in [2.24, 2.45) is 23.7 Å². The highest BCUT2D eigenvalue weighted by Gasteiger charge is 2.51. The van der Waals surface area contributed by atoms with Gasteiger partial charge in [-0.3, -0.25) is 19.2 Å². The van der Waals surface area contributed by atoms with E-state index in [0.717, 1.165) is 0 Å². The molecular weight excluding hydrogens is 520 g/mol. The maximum absolute atomic E-state index is 12.9. The van der Waals surface area contributed by atoms with Crippen LogP contribution < -0.4 is 0 Å². The van der Waals surface area contributed by atoms with Crippen molar-refractivity contribution in [1.29, 1.82) is 0 Å². The SMILES string of the molecule is C=C(C)C(=O)OCCOC(=O)C(C)C(C(=O)O)C1CC(C(=O)OCCOC(=O)C(=C)C)C(C(=O)O)C(CC)O1. The molecule has 0 aromatic rings. The fourth-order valence-corrected chi connectivity index (χ4v) is 4.06. The van der Waals surface area contributed by atoms with Gasteiger partial charge in [-0.15, -0.1) is 0 Å². The average molecular weight is 557 g/mol. The maximum atomic E-state index is 12.9. The van der Waals surface area contributed by atoms with Crippen molar-refractivity contribution in [2.45, 2.75) is 52.7 Å². The van der Waals surface area contributed by atoms with Crippen molar-refractivity contribution >= 4 is 35.8 Å². The molecule has 1 fully saturated rings. The van der Waals surface area contributed by atoms with Crippen molar-refractivity contribution in [2.75, 3.05) is 26.4 Å². The highest BCUT2D eigenvalue weighted by Crippen LogP contribution is 2.38. The maximum Gasteiger partial charge on any atom is 0.333 e. The molecule has 0 spiro atoms. The van der Waals surface area contributed by atoms with Gasteiger partial charge >= 0.3 is 35.8 Å². The van der Waals surface area contributed by atoms with Gasteiger partial charge in [-0.2, -0.15) is 0 Å². The van der Waals surface area contributed by atoms with Gasteiger partial charge < -0.3 is 33.9 Å². The number of hydrogen-bond acceptors (Lipinski definition) is 11. The molecule has 0 amide bonds. The Labute approximate surface area is 226 Å². The molecule has 1 aliphatic rings. The van der Waals surface area contributed by atoms with Crippen LogP contribution >= 0.6 is 0 Å². The summed E-state index contributed by atoms with van der Waals surface area (Å²) in [5, 5.41) is 19.7. The van der Waals surface area contributed by atoms with Crippen molar-refractivity contribution in [3.8, 4) is 0 Å². The molecule has 1 rings (SSSR count). The molecule has 13 heteroatoms. The summed E-state index contributed by atoms with van der Waals surface area (Å²) in [6.45, 7) is 11.4. The first-order chi connectivity index (χ1) is 18.2. The second kappa shape index (κ2) is 15.6. The van der Waals surface area contributed by atoms with Crippen LogP contribution in [0.2, 0.25) is 0 Å². The number of carboxylic acids is 2. The van der Waals surface area contributed by atoms with Gasteiger partial charge in [-0.25, -0.2) is 9.59 Å². The molecule has 0 radical (unpaired) electrons. The molecule has 0 aromatic heterocycles. The Morgan fingerprint density at radius 1 is 0.872 bits per heavy atom. The third-order valence-electron chi connectivity index (χ3n) is 6.07. The Hall–Kier alpha value is -3.74. The number of hydrogen-bond donors (Lipinski definition) is 2. The topological polar surface area (TPSA) is 189 Å². The minimum absolute atomic E-state index is 0.132. The van der Waals surface area contributed by atoms with E-state index in [1.54, 1.807) is 6.92 Å². The molecule has 6 unspecified atom stereocenters. The van der Waals surface area contributed by atoms with Gasteiger partial charge in [0.1, 0.15) is 26.4 Å². The van der Waals surface area contributed by atoms with Gasteiger partial charge in [0.15, 0.2) is 0 Å². The average Bonchev–Trinajstić information content (AvgIpc) is 2.87. The van der Waals surface area contributed by atoms with Crippen LogP contribution in [0.25, 0.3) is 0 Å². The van der Waals surface area contributed by atoms with Crippen molar-refractivity contribution < 1.29 is 62.7 Å². The van der Waals surface area contributed by atoms with Gasteiger partial charge in [0.05, 0.1) is 35.9 Å². The molecule has 6 atom stereocenters. The number of esters is 4. The third kappa shape index (κ3) is 9.82. The van der Waals surface area contributed by atoms with Crippen molar-refractivity contribution in [1.82, 2.24) is 0 Å². The normalized spacial score (nSPS) is 21.9. The standard InChI is InChI=1S/C26H36O13/c1-7-17-20(22(29)30)16(26(34)38-11-9-36-24(32)14(4)5)12-18(39-17)19(21(27)28)15(6)25(33)37-10-8-35-23(31)13(2)3/h15-20H,2,4,7-12H2,1,3,5-6H3,(H,27,28)(H,29,30). The van der Waals surface area contributed by atoms with Crippen LogP contribution in [0.3, 0.4) is 0 Å². The lowest BCUT2D eigenvalue weighted by Crippen LogP contribution is -2.52. The van der Waals surface area contributed by atoms with Gasteiger partial charge in [0.2, 0.25) is 0 Å². The number of carbonyl (C=O) groups excluding carboxylic acids is 4. The van der Waals surface area contributed by atoms with Gasteiger partial charge in [-0.05, 0) is 26.7 Å². The first kappa shape index (κ1) is 33.3. The van der Waals surface area contributed by atoms with E-state index in [1.807, 2.05) is 0 Å². The zero-order valence-electron chi connectivity index (χ0n) is 22.5. The van der Waals surface area contributed by atoms with E-state index in [9.17, 15) is 39.0 Å². The highest BCUT2D eigenvalue weighted by atomic mass is 16.6. The molecule has 1 heterocycles. The smallest absolute Gasteiger partial charge is 0.333 e. The molecule has 13 nitrogen and oxygen atoms in total. The highest BCUT2D eigenvalue weighted by molar-refractivity contribution is 5.87. The Balaban J connectivity index is 2.99. The molecule has 0 aromatic carbocycles. The van der Waals surface area contributed by atoms with Crippen LogP contribution in [0.15, 0.2) is 24.3 Å². The molecule has 1 saturated heterocycles. The van der Waals surface area contributed by atoms with Crippen LogP contribution in [0.5, 0.6) is 0 Å². The minimum atomic E-state index is -1.49. The summed E-state index contributed by atoms with van der Waals surface area (Å²) in [5.41, 5.74) is 0.298. The number of carboxylic acid groups (broad SMARTS) is 2. The van der Waals surface area contributed by atoms with E-state index in [2.05, 4.69) is 13.2 Å². The third-order valence-corrected chi connectivity index (χ3v) is 6.07. The lowest BCUT2D eigenvalue weighted by Gasteiger charge is -2.41. The molecule has 1 aliphatic heterocycles. The van der Waals surface area contributed by atoms with E-state index in [1.165, 1.54) is 20.8 Å². The Kier molecular flexibility index (Phi) is 13.3. The summed E-state index contributed by atoms with van der Waals surface area (Å²) in [6.07, 6.45) is -2.51. The van der Waals surface area contributed by atoms with Crippen LogP contribution in [0.4, 0.5) is 0 Å². The Morgan fingerprint density at radius 2 is 1.36 bits per heavy atom. The lowest BCUT2D eigenvalue weighted by molar-refractivity contribution is -0.193. The molecule has 218 valence electrons. The van der Waals surface area contributed by atoms with E-state index < -0.39 is 71.7 Å². The van der Waals surface area contributed by atoms with E-state index in [0.29, 0.717) is 0 Å². The van der Waals surface area contributed by atoms with E-state index in [-0.39, 0.29) is 50.4 Å². The van der Waals surface area contributed by atoms with Crippen molar-refractivity contribution in [3.63, 3.8) is 0 Å². The van der Waals surface area contributed by atoms with Gasteiger partial charge in [0, 0.05) is 11.1 Å². The van der Waals surface area contributed by atoms with Crippen LogP contribution in [-0.2, 0) is 52.5 Å². The predicted octanol–water partition coefficient (Wildman–Crippen LogP) is 1.53. The zero-order chi connectivity index (χ0) is 29.9. The first-order valence-corrected chi connectivity index (χ1v) is 12.3. The van der Waals surface area contributed by atoms with Gasteiger partial charge in [0.25, 0.3) is 0 Å². The second-order valence-corrected chi connectivity index (χ2v) is 9.15. The quantitative estimate of drug-likeness (QED) is 0.128. The first-order valence-electron chi connectivity index (χ1n) is 12.3. The minimum Gasteiger partial charge on any atom is -0.481 e. The van der Waals surface area contributed by atoms with Crippen LogP contribution in [-0.4, -0.2) is 84.7 Å². The number of ether oxygens (including phenoxy) is 5. The molecule has 0 aliphatic carbocycles. The molecular formula is C26H36O13. The Bertz CT molecular complexity index is 969. The molecule has 39 heavy (non-hydrogen) atoms. The van der Waals surface area contributed by atoms with Gasteiger partial charge in [-0.1, -0.05) is 27.0 Å². The Morgan fingerprint density at radius 3 is 1.79 bits per heavy atom. The van der Waals surface area contributed by atoms with Crippen molar-refractivity contribution in [3.05, 3.63) is 24.3 Å². The van der Waals surface area contributed by atoms with E-state index in [4.69, 9.17) is 23.7 Å². The molecule has 2 N–H and O–H groups in total. The number of carbonyl (C=O) groups is 6. The number of rotatable bonds is 15. The summed E-state index contributed by atoms with van der Waals surface area (Å²) in [5.74, 6) is -11.4. The fraction of sp³-hybridized carbons (Fsp3) is 0.615. The summed E-state index contributed by atoms with van der Waals surface area (Å²) in [6, 6.07) is 0. The summed E-state index contributed by atoms with van der Waals surface area (Å²) in [4.78, 5) is 72.6. The fourth-order valence-electron chi connectivity index (χ4n) is 4.06. The summed E-state index contributed by atoms with van der Waals surface area (Å²) < 4.78 is 25.7. The predicted molar refractivity (Wildman–Crippen MR) is 132 cm³/mol. The zero-order valence-corrected chi connectivity index (χ0v) is 22.5. The summed E-state index contributed by atoms with van der Waals surface area (Å²) in [7, 11) is 0. The van der Waals surface area contributed by atoms with E-state index >= 15 is 0 Å².